The molecule has 0 N–H and O–H groups in total. The molecule has 2 heterocycles. The minimum atomic E-state index is 0.434. The quantitative estimate of drug-likeness (QED) is 0.835. The lowest BCUT2D eigenvalue weighted by atomic mass is 9.82. The summed E-state index contributed by atoms with van der Waals surface area (Å²) in [7, 11) is 0. The molecular weight excluding hydrogens is 246 g/mol. The topological polar surface area (TPSA) is 29.0 Å². The molecule has 0 unspecified atom stereocenters. The molecule has 1 aromatic heterocycles. The standard InChI is InChI=1S/C14H22ClN3/c1-5-14(6-2)7-8-18(9-14)13-12(15)16-10(3)11(4)17-13/h5-9H2,1-4H3. The van der Waals surface area contributed by atoms with Gasteiger partial charge in [0.15, 0.2) is 11.0 Å². The molecule has 4 heteroatoms. The molecule has 0 radical (unpaired) electrons. The first-order valence-corrected chi connectivity index (χ1v) is 7.15. The van der Waals surface area contributed by atoms with Gasteiger partial charge in [0.05, 0.1) is 11.4 Å². The highest BCUT2D eigenvalue weighted by Gasteiger charge is 2.36. The van der Waals surface area contributed by atoms with E-state index in [9.17, 15) is 0 Å². The summed E-state index contributed by atoms with van der Waals surface area (Å²) < 4.78 is 0. The van der Waals surface area contributed by atoms with Crippen LogP contribution in [0.2, 0.25) is 5.15 Å². The van der Waals surface area contributed by atoms with E-state index in [-0.39, 0.29) is 0 Å². The predicted octanol–water partition coefficient (Wildman–Crippen LogP) is 3.76. The van der Waals surface area contributed by atoms with Gasteiger partial charge < -0.3 is 4.90 Å². The van der Waals surface area contributed by atoms with Crippen molar-refractivity contribution in [3.8, 4) is 0 Å². The summed E-state index contributed by atoms with van der Waals surface area (Å²) in [5.41, 5.74) is 2.32. The van der Waals surface area contributed by atoms with Gasteiger partial charge in [-0.1, -0.05) is 25.4 Å². The molecule has 0 aromatic carbocycles. The lowest BCUT2D eigenvalue weighted by Crippen LogP contribution is -2.27. The average molecular weight is 268 g/mol. The summed E-state index contributed by atoms with van der Waals surface area (Å²) in [6, 6.07) is 0. The molecule has 0 saturated carbocycles. The van der Waals surface area contributed by atoms with E-state index in [2.05, 4.69) is 28.7 Å². The maximum atomic E-state index is 6.25. The second kappa shape index (κ2) is 5.04. The Morgan fingerprint density at radius 3 is 2.33 bits per heavy atom. The summed E-state index contributed by atoms with van der Waals surface area (Å²) in [6.07, 6.45) is 3.66. The average Bonchev–Trinajstić information content (AvgIpc) is 2.79. The molecule has 1 saturated heterocycles. The Kier molecular flexibility index (Phi) is 3.81. The van der Waals surface area contributed by atoms with Crippen molar-refractivity contribution in [2.75, 3.05) is 18.0 Å². The molecule has 1 aliphatic heterocycles. The SMILES string of the molecule is CCC1(CC)CCN(c2nc(C)c(C)nc2Cl)C1. The van der Waals surface area contributed by atoms with Gasteiger partial charge in [-0.05, 0) is 38.5 Å². The Morgan fingerprint density at radius 2 is 1.78 bits per heavy atom. The summed E-state index contributed by atoms with van der Waals surface area (Å²) in [5, 5.41) is 0.543. The molecule has 100 valence electrons. The van der Waals surface area contributed by atoms with Crippen molar-refractivity contribution >= 4 is 17.4 Å². The summed E-state index contributed by atoms with van der Waals surface area (Å²) in [5.74, 6) is 0.864. The van der Waals surface area contributed by atoms with Crippen molar-refractivity contribution in [2.24, 2.45) is 5.41 Å². The third-order valence-corrected chi connectivity index (χ3v) is 4.74. The fraction of sp³-hybridized carbons (Fsp3) is 0.714. The second-order valence-electron chi connectivity index (χ2n) is 5.39. The van der Waals surface area contributed by atoms with Gasteiger partial charge in [-0.15, -0.1) is 0 Å². The van der Waals surface area contributed by atoms with Crippen molar-refractivity contribution < 1.29 is 0 Å². The number of nitrogens with zero attached hydrogens (tertiary/aromatic N) is 3. The van der Waals surface area contributed by atoms with Crippen LogP contribution in [0.1, 0.15) is 44.5 Å². The Bertz CT molecular complexity index is 441. The van der Waals surface area contributed by atoms with Crippen LogP contribution < -0.4 is 4.90 Å². The minimum Gasteiger partial charge on any atom is -0.353 e. The van der Waals surface area contributed by atoms with Crippen LogP contribution >= 0.6 is 11.6 Å². The number of anilines is 1. The molecule has 1 aliphatic rings. The summed E-state index contributed by atoms with van der Waals surface area (Å²) in [4.78, 5) is 11.3. The van der Waals surface area contributed by atoms with Crippen LogP contribution in [-0.2, 0) is 0 Å². The van der Waals surface area contributed by atoms with E-state index in [1.807, 2.05) is 13.8 Å². The van der Waals surface area contributed by atoms with Gasteiger partial charge in [-0.3, -0.25) is 0 Å². The lowest BCUT2D eigenvalue weighted by molar-refractivity contribution is 0.301. The van der Waals surface area contributed by atoms with E-state index >= 15 is 0 Å². The number of aryl methyl sites for hydroxylation is 2. The lowest BCUT2D eigenvalue weighted by Gasteiger charge is -2.27. The highest BCUT2D eigenvalue weighted by Crippen LogP contribution is 2.39. The van der Waals surface area contributed by atoms with Crippen LogP contribution in [0, 0.1) is 19.3 Å². The Morgan fingerprint density at radius 1 is 1.17 bits per heavy atom. The number of hydrogen-bond acceptors (Lipinski definition) is 3. The summed E-state index contributed by atoms with van der Waals surface area (Å²) in [6.45, 7) is 10.6. The molecule has 0 spiro atoms. The van der Waals surface area contributed by atoms with E-state index in [4.69, 9.17) is 11.6 Å². The first-order chi connectivity index (χ1) is 8.51. The monoisotopic (exact) mass is 267 g/mol. The Hall–Kier alpha value is -0.830. The van der Waals surface area contributed by atoms with E-state index < -0.39 is 0 Å². The molecule has 3 nitrogen and oxygen atoms in total. The fourth-order valence-electron chi connectivity index (χ4n) is 2.71. The Labute approximate surface area is 115 Å². The largest absolute Gasteiger partial charge is 0.353 e. The molecule has 1 aromatic rings. The normalized spacial score (nSPS) is 18.4. The van der Waals surface area contributed by atoms with Gasteiger partial charge in [-0.25, -0.2) is 9.97 Å². The third-order valence-electron chi connectivity index (χ3n) is 4.49. The molecule has 18 heavy (non-hydrogen) atoms. The van der Waals surface area contributed by atoms with E-state index in [1.54, 1.807) is 0 Å². The number of aromatic nitrogens is 2. The maximum Gasteiger partial charge on any atom is 0.171 e. The molecule has 0 bridgehead atoms. The van der Waals surface area contributed by atoms with Crippen molar-refractivity contribution in [1.29, 1.82) is 0 Å². The number of halogens is 1. The smallest absolute Gasteiger partial charge is 0.171 e. The predicted molar refractivity (Wildman–Crippen MR) is 76.4 cm³/mol. The zero-order valence-electron chi connectivity index (χ0n) is 11.8. The van der Waals surface area contributed by atoms with Crippen LogP contribution in [0.5, 0.6) is 0 Å². The van der Waals surface area contributed by atoms with Gasteiger partial charge in [0.2, 0.25) is 0 Å². The van der Waals surface area contributed by atoms with E-state index in [0.29, 0.717) is 10.6 Å². The van der Waals surface area contributed by atoms with Crippen LogP contribution in [0.3, 0.4) is 0 Å². The zero-order chi connectivity index (χ0) is 13.3. The second-order valence-corrected chi connectivity index (χ2v) is 5.75. The molecule has 0 atom stereocenters. The van der Waals surface area contributed by atoms with Gasteiger partial charge in [0.25, 0.3) is 0 Å². The molecule has 2 rings (SSSR count). The van der Waals surface area contributed by atoms with Crippen molar-refractivity contribution in [3.63, 3.8) is 0 Å². The highest BCUT2D eigenvalue weighted by molar-refractivity contribution is 6.31. The fourth-order valence-corrected chi connectivity index (χ4v) is 3.00. The Balaban J connectivity index is 2.27. The maximum absolute atomic E-state index is 6.25. The van der Waals surface area contributed by atoms with Gasteiger partial charge in [0, 0.05) is 13.1 Å². The van der Waals surface area contributed by atoms with Crippen molar-refractivity contribution in [1.82, 2.24) is 9.97 Å². The van der Waals surface area contributed by atoms with Crippen LogP contribution in [0.15, 0.2) is 0 Å². The number of rotatable bonds is 3. The zero-order valence-corrected chi connectivity index (χ0v) is 12.5. The first kappa shape index (κ1) is 13.6. The third kappa shape index (κ3) is 2.33. The van der Waals surface area contributed by atoms with E-state index in [0.717, 1.165) is 30.3 Å². The molecule has 0 amide bonds. The molecular formula is C14H22ClN3. The van der Waals surface area contributed by atoms with Gasteiger partial charge in [-0.2, -0.15) is 0 Å². The van der Waals surface area contributed by atoms with E-state index in [1.165, 1.54) is 19.3 Å². The minimum absolute atomic E-state index is 0.434. The van der Waals surface area contributed by atoms with Crippen LogP contribution in [0.4, 0.5) is 5.82 Å². The highest BCUT2D eigenvalue weighted by atomic mass is 35.5. The molecule has 1 fully saturated rings. The molecule has 0 aliphatic carbocycles. The van der Waals surface area contributed by atoms with Gasteiger partial charge >= 0.3 is 0 Å². The van der Waals surface area contributed by atoms with Gasteiger partial charge in [0.1, 0.15) is 0 Å². The van der Waals surface area contributed by atoms with Crippen molar-refractivity contribution in [3.05, 3.63) is 16.5 Å². The number of hydrogen-bond donors (Lipinski definition) is 0. The van der Waals surface area contributed by atoms with Crippen LogP contribution in [-0.4, -0.2) is 23.1 Å². The van der Waals surface area contributed by atoms with Crippen molar-refractivity contribution in [2.45, 2.75) is 47.0 Å². The first-order valence-electron chi connectivity index (χ1n) is 6.77. The summed E-state index contributed by atoms with van der Waals surface area (Å²) >= 11 is 6.25. The van der Waals surface area contributed by atoms with Crippen LogP contribution in [0.25, 0.3) is 0 Å².